The van der Waals surface area contributed by atoms with Crippen LogP contribution in [0.3, 0.4) is 0 Å². The molecular weight excluding hydrogens is 326 g/mol. The molecule has 1 heterocycles. The molecule has 24 heavy (non-hydrogen) atoms. The largest absolute Gasteiger partial charge is 0.491 e. The number of aryl methyl sites for hydroxylation is 1. The minimum atomic E-state index is -0.596. The Hall–Kier alpha value is -1.11. The number of benzene rings is 1. The van der Waals surface area contributed by atoms with E-state index < -0.39 is 18.3 Å². The average Bonchev–Trinajstić information content (AvgIpc) is 2.67. The van der Waals surface area contributed by atoms with Crippen LogP contribution in [0.25, 0.3) is 6.08 Å². The van der Waals surface area contributed by atoms with Crippen LogP contribution in [-0.2, 0) is 14.1 Å². The molecule has 0 saturated carbocycles. The molecule has 1 saturated heterocycles. The summed E-state index contributed by atoms with van der Waals surface area (Å²) in [7, 11) is -0.596. The van der Waals surface area contributed by atoms with E-state index in [1.54, 1.807) is 25.1 Å². The Morgan fingerprint density at radius 1 is 1.25 bits per heavy atom. The van der Waals surface area contributed by atoms with Gasteiger partial charge in [-0.15, -0.1) is 0 Å². The summed E-state index contributed by atoms with van der Waals surface area (Å²) in [6.07, 6.45) is 1.74. The molecular formula is C18H24BFO3S. The van der Waals surface area contributed by atoms with Crippen molar-refractivity contribution in [3.63, 3.8) is 0 Å². The van der Waals surface area contributed by atoms with Gasteiger partial charge in [0.2, 0.25) is 0 Å². The third-order valence-electron chi connectivity index (χ3n) is 4.56. The second-order valence-electron chi connectivity index (χ2n) is 7.07. The third-order valence-corrected chi connectivity index (χ3v) is 5.44. The van der Waals surface area contributed by atoms with E-state index in [9.17, 15) is 9.18 Å². The van der Waals surface area contributed by atoms with E-state index >= 15 is 0 Å². The molecule has 1 fully saturated rings. The highest BCUT2D eigenvalue weighted by Gasteiger charge is 2.52. The van der Waals surface area contributed by atoms with Crippen molar-refractivity contribution in [2.75, 3.05) is 5.75 Å². The second kappa shape index (κ2) is 7.02. The van der Waals surface area contributed by atoms with E-state index in [0.717, 1.165) is 5.47 Å². The lowest BCUT2D eigenvalue weighted by molar-refractivity contribution is -0.109. The quantitative estimate of drug-likeness (QED) is 0.753. The van der Waals surface area contributed by atoms with Gasteiger partial charge >= 0.3 is 7.12 Å². The van der Waals surface area contributed by atoms with Crippen molar-refractivity contribution >= 4 is 30.1 Å². The molecule has 1 aliphatic rings. The van der Waals surface area contributed by atoms with Crippen molar-refractivity contribution in [2.45, 2.75) is 52.7 Å². The summed E-state index contributed by atoms with van der Waals surface area (Å²) in [5, 5.41) is 0.00197. The predicted molar refractivity (Wildman–Crippen MR) is 98.3 cm³/mol. The predicted octanol–water partition coefficient (Wildman–Crippen LogP) is 4.43. The van der Waals surface area contributed by atoms with E-state index in [4.69, 9.17) is 9.31 Å². The standard InChI is InChI=1S/C18H24BFO3S/c1-12-8-7-9-14(16(12)20)10-15(11-24-13(2)21)19-22-17(3,4)18(5,6)23-19/h7-10H,11H2,1-6H3. The molecule has 1 aromatic carbocycles. The molecule has 0 bridgehead atoms. The van der Waals surface area contributed by atoms with Gasteiger partial charge in [-0.3, -0.25) is 4.79 Å². The van der Waals surface area contributed by atoms with Crippen LogP contribution in [0.4, 0.5) is 4.39 Å². The summed E-state index contributed by atoms with van der Waals surface area (Å²) in [6.45, 7) is 11.1. The molecule has 1 aliphatic heterocycles. The minimum Gasteiger partial charge on any atom is -0.400 e. The Morgan fingerprint density at radius 2 is 1.83 bits per heavy atom. The minimum absolute atomic E-state index is 0.00197. The first-order chi connectivity index (χ1) is 11.0. The Bertz CT molecular complexity index is 654. The van der Waals surface area contributed by atoms with Crippen molar-refractivity contribution in [3.05, 3.63) is 40.6 Å². The average molecular weight is 350 g/mol. The zero-order valence-electron chi connectivity index (χ0n) is 15.1. The summed E-state index contributed by atoms with van der Waals surface area (Å²) in [6, 6.07) is 5.25. The van der Waals surface area contributed by atoms with Gasteiger partial charge in [0.1, 0.15) is 5.82 Å². The van der Waals surface area contributed by atoms with Gasteiger partial charge in [0.05, 0.1) is 11.2 Å². The lowest BCUT2D eigenvalue weighted by atomic mass is 9.78. The van der Waals surface area contributed by atoms with Crippen LogP contribution >= 0.6 is 11.8 Å². The molecule has 0 unspecified atom stereocenters. The fraction of sp³-hybridized carbons (Fsp3) is 0.500. The SMILES string of the molecule is CC(=O)SCC(=Cc1cccc(C)c1F)B1OC(C)(C)C(C)(C)O1. The Morgan fingerprint density at radius 3 is 2.38 bits per heavy atom. The topological polar surface area (TPSA) is 35.5 Å². The molecule has 0 atom stereocenters. The fourth-order valence-electron chi connectivity index (χ4n) is 2.34. The second-order valence-corrected chi connectivity index (χ2v) is 8.22. The number of halogens is 1. The van der Waals surface area contributed by atoms with Crippen LogP contribution < -0.4 is 0 Å². The molecule has 1 aromatic rings. The first kappa shape index (κ1) is 19.2. The summed E-state index contributed by atoms with van der Waals surface area (Å²) in [5.74, 6) is 0.138. The highest BCUT2D eigenvalue weighted by atomic mass is 32.2. The molecule has 0 N–H and O–H groups in total. The molecule has 0 radical (unpaired) electrons. The molecule has 6 heteroatoms. The molecule has 130 valence electrons. The number of thioether (sulfide) groups is 1. The molecule has 0 amide bonds. The monoisotopic (exact) mass is 350 g/mol. The number of hydrogen-bond donors (Lipinski definition) is 0. The van der Waals surface area contributed by atoms with E-state index in [1.165, 1.54) is 18.7 Å². The van der Waals surface area contributed by atoms with Gasteiger partial charge in [-0.2, -0.15) is 0 Å². The zero-order chi connectivity index (χ0) is 18.1. The third kappa shape index (κ3) is 4.10. The fourth-order valence-corrected chi connectivity index (χ4v) is 2.93. The van der Waals surface area contributed by atoms with Gasteiger partial charge in [0.25, 0.3) is 0 Å². The van der Waals surface area contributed by atoms with Crippen LogP contribution in [0, 0.1) is 12.7 Å². The van der Waals surface area contributed by atoms with E-state index in [0.29, 0.717) is 16.9 Å². The highest BCUT2D eigenvalue weighted by molar-refractivity contribution is 8.13. The Balaban J connectivity index is 2.37. The smallest absolute Gasteiger partial charge is 0.400 e. The van der Waals surface area contributed by atoms with Crippen LogP contribution in [0.15, 0.2) is 23.7 Å². The highest BCUT2D eigenvalue weighted by Crippen LogP contribution is 2.39. The van der Waals surface area contributed by atoms with Crippen molar-refractivity contribution in [1.29, 1.82) is 0 Å². The molecule has 2 rings (SSSR count). The summed E-state index contributed by atoms with van der Waals surface area (Å²) in [5.41, 5.74) is 0.837. The van der Waals surface area contributed by atoms with Crippen LogP contribution in [0.5, 0.6) is 0 Å². The number of hydrogen-bond acceptors (Lipinski definition) is 4. The molecule has 0 spiro atoms. The summed E-state index contributed by atoms with van der Waals surface area (Å²) in [4.78, 5) is 11.4. The summed E-state index contributed by atoms with van der Waals surface area (Å²) >= 11 is 1.17. The maximum atomic E-state index is 14.4. The van der Waals surface area contributed by atoms with Crippen molar-refractivity contribution in [2.24, 2.45) is 0 Å². The van der Waals surface area contributed by atoms with Gasteiger partial charge in [0, 0.05) is 18.2 Å². The van der Waals surface area contributed by atoms with Crippen molar-refractivity contribution < 1.29 is 18.5 Å². The zero-order valence-corrected chi connectivity index (χ0v) is 15.9. The Kier molecular flexibility index (Phi) is 5.62. The van der Waals surface area contributed by atoms with Gasteiger partial charge in [-0.25, -0.2) is 4.39 Å². The van der Waals surface area contributed by atoms with Gasteiger partial charge in [0.15, 0.2) is 5.12 Å². The van der Waals surface area contributed by atoms with E-state index in [-0.39, 0.29) is 10.9 Å². The van der Waals surface area contributed by atoms with Crippen LogP contribution in [0.2, 0.25) is 0 Å². The number of carbonyl (C=O) groups is 1. The summed E-state index contributed by atoms with van der Waals surface area (Å²) < 4.78 is 26.5. The maximum Gasteiger partial charge on any atom is 0.491 e. The maximum absolute atomic E-state index is 14.4. The normalized spacial score (nSPS) is 19.6. The van der Waals surface area contributed by atoms with E-state index in [1.807, 2.05) is 33.8 Å². The molecule has 3 nitrogen and oxygen atoms in total. The molecule has 0 aromatic heterocycles. The van der Waals surface area contributed by atoms with Crippen molar-refractivity contribution in [3.8, 4) is 0 Å². The van der Waals surface area contributed by atoms with Gasteiger partial charge in [-0.05, 0) is 45.7 Å². The first-order valence-electron chi connectivity index (χ1n) is 7.98. The number of rotatable bonds is 4. The lowest BCUT2D eigenvalue weighted by Gasteiger charge is -2.32. The Labute approximate surface area is 148 Å². The van der Waals surface area contributed by atoms with Crippen LogP contribution in [0.1, 0.15) is 45.7 Å². The van der Waals surface area contributed by atoms with Gasteiger partial charge < -0.3 is 9.31 Å². The van der Waals surface area contributed by atoms with Crippen molar-refractivity contribution in [1.82, 2.24) is 0 Å². The molecule has 0 aliphatic carbocycles. The van der Waals surface area contributed by atoms with Crippen LogP contribution in [-0.4, -0.2) is 29.2 Å². The number of carbonyl (C=O) groups excluding carboxylic acids is 1. The van der Waals surface area contributed by atoms with Gasteiger partial charge in [-0.1, -0.05) is 36.0 Å². The van der Waals surface area contributed by atoms with E-state index in [2.05, 4.69) is 0 Å². The lowest BCUT2D eigenvalue weighted by Crippen LogP contribution is -2.41. The first-order valence-corrected chi connectivity index (χ1v) is 8.96.